The molecule has 2 bridgehead atoms. The Bertz CT molecular complexity index is 1230. The van der Waals surface area contributed by atoms with E-state index in [4.69, 9.17) is 0 Å². The number of ketones is 1. The van der Waals surface area contributed by atoms with Crippen LogP contribution in [0.15, 0.2) is 54.6 Å². The normalized spacial score (nSPS) is 27.3. The smallest absolute Gasteiger partial charge is 0.317 e. The molecule has 7 rings (SSSR count). The lowest BCUT2D eigenvalue weighted by molar-refractivity contribution is -0.142. The highest BCUT2D eigenvalue weighted by molar-refractivity contribution is 6.22. The number of urea groups is 1. The molecule has 0 spiro atoms. The van der Waals surface area contributed by atoms with Gasteiger partial charge in [-0.15, -0.1) is 0 Å². The number of hydrogen-bond donors (Lipinski definition) is 2. The molecule has 0 aromatic heterocycles. The number of allylic oxidation sites excluding steroid dienone is 2. The number of rotatable bonds is 3. The number of likely N-dealkylation sites (tertiary alicyclic amines) is 1. The van der Waals surface area contributed by atoms with Crippen LogP contribution >= 0.6 is 0 Å². The topological polar surface area (TPSA) is 95.6 Å². The molecule has 5 unspecified atom stereocenters. The molecule has 7 nitrogen and oxygen atoms in total. The van der Waals surface area contributed by atoms with Gasteiger partial charge in [-0.2, -0.15) is 0 Å². The number of imide groups is 1. The molecule has 2 fully saturated rings. The van der Waals surface area contributed by atoms with Gasteiger partial charge < -0.3 is 10.6 Å². The number of carbonyl (C=O) groups excluding carboxylic acids is 4. The van der Waals surface area contributed by atoms with Crippen LogP contribution in [0, 0.1) is 23.7 Å². The first-order valence-corrected chi connectivity index (χ1v) is 11.3. The maximum atomic E-state index is 13.1. The summed E-state index contributed by atoms with van der Waals surface area (Å²) in [6, 6.07) is 12.1. The standard InChI is InChI=1S/C26H23N3O4/c1-13(29-24(31)21-14-6-7-15(9-8-14)22(21)25(29)32)27-26(33)28-16-10-11-18-17-4-2-3-5-19(17)23(30)20(18)12-16/h2-7,10-15,21-22H,8-9H2,1H3,(H2,27,28,33). The average molecular weight is 441 g/mol. The second-order valence-corrected chi connectivity index (χ2v) is 9.30. The van der Waals surface area contributed by atoms with E-state index < -0.39 is 12.2 Å². The molecule has 1 saturated heterocycles. The van der Waals surface area contributed by atoms with Crippen molar-refractivity contribution >= 4 is 29.3 Å². The van der Waals surface area contributed by atoms with Gasteiger partial charge in [0.05, 0.1) is 11.8 Å². The second-order valence-electron chi connectivity index (χ2n) is 9.30. The van der Waals surface area contributed by atoms with Crippen LogP contribution in [-0.4, -0.2) is 34.7 Å². The molecule has 2 N–H and O–H groups in total. The third kappa shape index (κ3) is 2.88. The van der Waals surface area contributed by atoms with Gasteiger partial charge in [-0.25, -0.2) is 4.79 Å². The zero-order chi connectivity index (χ0) is 22.9. The minimum atomic E-state index is -0.768. The van der Waals surface area contributed by atoms with Gasteiger partial charge in [0.1, 0.15) is 6.17 Å². The Morgan fingerprint density at radius 3 is 2.12 bits per heavy atom. The number of carbonyl (C=O) groups is 4. The molecule has 1 heterocycles. The highest BCUT2D eigenvalue weighted by Crippen LogP contribution is 2.49. The first-order chi connectivity index (χ1) is 15.9. The van der Waals surface area contributed by atoms with Crippen LogP contribution in [0.2, 0.25) is 0 Å². The summed E-state index contributed by atoms with van der Waals surface area (Å²) in [6.07, 6.45) is 5.23. The van der Waals surface area contributed by atoms with Crippen LogP contribution in [0.25, 0.3) is 11.1 Å². The third-order valence-electron chi connectivity index (χ3n) is 7.50. The molecule has 166 valence electrons. The maximum absolute atomic E-state index is 13.1. The van der Waals surface area contributed by atoms with Gasteiger partial charge in [0, 0.05) is 16.8 Å². The lowest BCUT2D eigenvalue weighted by atomic mass is 9.63. The van der Waals surface area contributed by atoms with Crippen LogP contribution in [0.1, 0.15) is 35.7 Å². The van der Waals surface area contributed by atoms with Crippen molar-refractivity contribution in [3.63, 3.8) is 0 Å². The van der Waals surface area contributed by atoms with Gasteiger partial charge in [0.2, 0.25) is 11.8 Å². The molecular formula is C26H23N3O4. The van der Waals surface area contributed by atoms with Crippen molar-refractivity contribution in [3.8, 4) is 11.1 Å². The minimum absolute atomic E-state index is 0.0721. The molecule has 0 radical (unpaired) electrons. The van der Waals surface area contributed by atoms with Crippen molar-refractivity contribution in [1.82, 2.24) is 10.2 Å². The molecule has 1 aliphatic heterocycles. The summed E-state index contributed by atoms with van der Waals surface area (Å²) in [5, 5.41) is 5.45. The SMILES string of the molecule is CC(NC(=O)Nc1ccc2c(c1)C(=O)c1ccccc1-2)N1C(=O)C2C3C=CC(CC3)C2C1=O. The van der Waals surface area contributed by atoms with Gasteiger partial charge in [-0.05, 0) is 54.9 Å². The summed E-state index contributed by atoms with van der Waals surface area (Å²) in [7, 11) is 0. The Kier molecular flexibility index (Phi) is 4.30. The van der Waals surface area contributed by atoms with Crippen LogP contribution < -0.4 is 10.6 Å². The monoisotopic (exact) mass is 441 g/mol. The summed E-state index contributed by atoms with van der Waals surface area (Å²) < 4.78 is 0. The van der Waals surface area contributed by atoms with E-state index >= 15 is 0 Å². The van der Waals surface area contributed by atoms with E-state index in [1.807, 2.05) is 24.3 Å². The molecule has 33 heavy (non-hydrogen) atoms. The fraction of sp³-hybridized carbons (Fsp3) is 0.308. The fourth-order valence-corrected chi connectivity index (χ4v) is 6.01. The van der Waals surface area contributed by atoms with Crippen molar-refractivity contribution < 1.29 is 19.2 Å². The molecule has 1 saturated carbocycles. The van der Waals surface area contributed by atoms with Gasteiger partial charge in [0.15, 0.2) is 5.78 Å². The average Bonchev–Trinajstić information content (AvgIpc) is 3.27. The lowest BCUT2D eigenvalue weighted by Gasteiger charge is -2.38. The predicted octanol–water partition coefficient (Wildman–Crippen LogP) is 3.56. The molecule has 7 heteroatoms. The molecule has 2 aromatic rings. The summed E-state index contributed by atoms with van der Waals surface area (Å²) in [6.45, 7) is 1.64. The van der Waals surface area contributed by atoms with E-state index in [0.717, 1.165) is 24.0 Å². The number of anilines is 1. The summed E-state index contributed by atoms with van der Waals surface area (Å²) in [4.78, 5) is 52.7. The Morgan fingerprint density at radius 2 is 1.48 bits per heavy atom. The molecule has 5 atom stereocenters. The molecule has 4 aliphatic carbocycles. The quantitative estimate of drug-likeness (QED) is 0.480. The van der Waals surface area contributed by atoms with E-state index in [-0.39, 0.29) is 41.3 Å². The van der Waals surface area contributed by atoms with Crippen LogP contribution in [0.5, 0.6) is 0 Å². The largest absolute Gasteiger partial charge is 0.320 e. The zero-order valence-corrected chi connectivity index (χ0v) is 18.1. The number of nitrogens with one attached hydrogen (secondary N) is 2. The molecule has 5 aliphatic rings. The van der Waals surface area contributed by atoms with Crippen molar-refractivity contribution in [3.05, 3.63) is 65.7 Å². The van der Waals surface area contributed by atoms with Gasteiger partial charge in [-0.1, -0.05) is 42.5 Å². The third-order valence-corrected chi connectivity index (χ3v) is 7.50. The Balaban J connectivity index is 1.16. The Morgan fingerprint density at radius 1 is 0.879 bits per heavy atom. The van der Waals surface area contributed by atoms with E-state index in [9.17, 15) is 19.2 Å². The van der Waals surface area contributed by atoms with Gasteiger partial charge >= 0.3 is 6.03 Å². The Labute approximate surface area is 190 Å². The summed E-state index contributed by atoms with van der Waals surface area (Å²) >= 11 is 0. The predicted molar refractivity (Wildman–Crippen MR) is 121 cm³/mol. The number of hydrogen-bond acceptors (Lipinski definition) is 4. The first kappa shape index (κ1) is 19.9. The van der Waals surface area contributed by atoms with Crippen molar-refractivity contribution in [2.24, 2.45) is 23.7 Å². The van der Waals surface area contributed by atoms with Gasteiger partial charge in [0.25, 0.3) is 0 Å². The highest BCUT2D eigenvalue weighted by atomic mass is 16.2. The minimum Gasteiger partial charge on any atom is -0.317 e. The Hall–Kier alpha value is -3.74. The number of amides is 4. The van der Waals surface area contributed by atoms with Crippen molar-refractivity contribution in [2.45, 2.75) is 25.9 Å². The zero-order valence-electron chi connectivity index (χ0n) is 18.1. The summed E-state index contributed by atoms with van der Waals surface area (Å²) in [5.74, 6) is -0.866. The number of nitrogens with zero attached hydrogens (tertiary/aromatic N) is 1. The second kappa shape index (κ2) is 7.13. The van der Waals surface area contributed by atoms with Crippen LogP contribution in [0.4, 0.5) is 10.5 Å². The molecule has 4 amide bonds. The number of fused-ring (bicyclic) bond motifs is 4. The van der Waals surface area contributed by atoms with E-state index in [2.05, 4.69) is 22.8 Å². The van der Waals surface area contributed by atoms with Crippen molar-refractivity contribution in [1.29, 1.82) is 0 Å². The van der Waals surface area contributed by atoms with E-state index in [1.54, 1.807) is 25.1 Å². The maximum Gasteiger partial charge on any atom is 0.320 e. The highest BCUT2D eigenvalue weighted by Gasteiger charge is 2.57. The van der Waals surface area contributed by atoms with Gasteiger partial charge in [-0.3, -0.25) is 19.3 Å². The summed E-state index contributed by atoms with van der Waals surface area (Å²) in [5.41, 5.74) is 3.39. The molecular weight excluding hydrogens is 418 g/mol. The fourth-order valence-electron chi connectivity index (χ4n) is 6.01. The molecule has 2 aromatic carbocycles. The lowest BCUT2D eigenvalue weighted by Crippen LogP contribution is -2.50. The van der Waals surface area contributed by atoms with Crippen LogP contribution in [0.3, 0.4) is 0 Å². The van der Waals surface area contributed by atoms with E-state index in [1.165, 1.54) is 4.90 Å². The van der Waals surface area contributed by atoms with Crippen LogP contribution in [-0.2, 0) is 9.59 Å². The first-order valence-electron chi connectivity index (χ1n) is 11.3. The van der Waals surface area contributed by atoms with Crippen molar-refractivity contribution in [2.75, 3.05) is 5.32 Å². The van der Waals surface area contributed by atoms with E-state index in [0.29, 0.717) is 16.8 Å². The number of benzene rings is 2.